The molecule has 0 radical (unpaired) electrons. The van der Waals surface area contributed by atoms with Gasteiger partial charge in [0.05, 0.1) is 22.1 Å². The standard InChI is InChI=1S/C16H14N2O4S/c1-10-4-6-13(8-14(10)16(19)20)18-23(21,22)15-7-12(9-17)5-3-11(15)2/h3-8,18H,1-2H3,(H,19,20). The number of carboxylic acid groups (broad SMARTS) is 1. The van der Waals surface area contributed by atoms with E-state index in [0.29, 0.717) is 11.1 Å². The predicted molar refractivity (Wildman–Crippen MR) is 84.8 cm³/mol. The first-order chi connectivity index (χ1) is 10.7. The van der Waals surface area contributed by atoms with E-state index in [-0.39, 0.29) is 21.7 Å². The summed E-state index contributed by atoms with van der Waals surface area (Å²) in [5.74, 6) is -1.13. The zero-order chi connectivity index (χ0) is 17.2. The highest BCUT2D eigenvalue weighted by atomic mass is 32.2. The molecule has 0 aliphatic rings. The van der Waals surface area contributed by atoms with E-state index in [0.717, 1.165) is 0 Å². The molecule has 23 heavy (non-hydrogen) atoms. The first-order valence-electron chi connectivity index (χ1n) is 6.62. The summed E-state index contributed by atoms with van der Waals surface area (Å²) in [6.07, 6.45) is 0. The number of aromatic carboxylic acids is 1. The Morgan fingerprint density at radius 1 is 1.13 bits per heavy atom. The Morgan fingerprint density at radius 2 is 1.78 bits per heavy atom. The number of nitriles is 1. The Balaban J connectivity index is 2.45. The summed E-state index contributed by atoms with van der Waals surface area (Å²) in [4.78, 5) is 11.1. The third-order valence-electron chi connectivity index (χ3n) is 3.33. The smallest absolute Gasteiger partial charge is 0.336 e. The van der Waals surface area contributed by atoms with Gasteiger partial charge in [0, 0.05) is 5.69 Å². The van der Waals surface area contributed by atoms with Crippen molar-refractivity contribution in [3.8, 4) is 6.07 Å². The number of nitrogens with one attached hydrogen (secondary N) is 1. The zero-order valence-corrected chi connectivity index (χ0v) is 13.3. The second kappa shape index (κ2) is 6.10. The van der Waals surface area contributed by atoms with Gasteiger partial charge in [0.2, 0.25) is 0 Å². The van der Waals surface area contributed by atoms with Crippen molar-refractivity contribution >= 4 is 21.7 Å². The van der Waals surface area contributed by atoms with Crippen LogP contribution < -0.4 is 4.72 Å². The minimum atomic E-state index is -3.93. The van der Waals surface area contributed by atoms with Gasteiger partial charge >= 0.3 is 5.97 Å². The first kappa shape index (κ1) is 16.5. The first-order valence-corrected chi connectivity index (χ1v) is 8.10. The number of anilines is 1. The van der Waals surface area contributed by atoms with E-state index in [9.17, 15) is 13.2 Å². The molecular formula is C16H14N2O4S. The molecule has 2 aromatic rings. The maximum Gasteiger partial charge on any atom is 0.336 e. The fourth-order valence-corrected chi connectivity index (χ4v) is 3.41. The maximum atomic E-state index is 12.5. The number of nitrogens with zero attached hydrogens (tertiary/aromatic N) is 1. The van der Waals surface area contributed by atoms with Gasteiger partial charge in [-0.2, -0.15) is 5.26 Å². The molecule has 7 heteroatoms. The molecule has 2 aromatic carbocycles. The number of rotatable bonds is 4. The van der Waals surface area contributed by atoms with Crippen LogP contribution >= 0.6 is 0 Å². The number of hydrogen-bond acceptors (Lipinski definition) is 4. The molecule has 0 unspecified atom stereocenters. The van der Waals surface area contributed by atoms with E-state index in [1.165, 1.54) is 30.3 Å². The molecule has 0 amide bonds. The average molecular weight is 330 g/mol. The number of carbonyl (C=O) groups is 1. The van der Waals surface area contributed by atoms with Crippen LogP contribution in [0.15, 0.2) is 41.3 Å². The second-order valence-corrected chi connectivity index (χ2v) is 6.68. The molecule has 0 saturated carbocycles. The van der Waals surface area contributed by atoms with Crippen LogP contribution in [0.25, 0.3) is 0 Å². The van der Waals surface area contributed by atoms with Gasteiger partial charge in [-0.15, -0.1) is 0 Å². The average Bonchev–Trinajstić information content (AvgIpc) is 2.49. The van der Waals surface area contributed by atoms with Crippen molar-refractivity contribution in [3.05, 3.63) is 58.7 Å². The Bertz CT molecular complexity index is 928. The monoisotopic (exact) mass is 330 g/mol. The van der Waals surface area contributed by atoms with E-state index in [4.69, 9.17) is 10.4 Å². The van der Waals surface area contributed by atoms with Crippen LogP contribution in [0.3, 0.4) is 0 Å². The molecule has 2 rings (SSSR count). The van der Waals surface area contributed by atoms with Gasteiger partial charge in [-0.1, -0.05) is 12.1 Å². The minimum absolute atomic E-state index is 0.0194. The minimum Gasteiger partial charge on any atom is -0.478 e. The van der Waals surface area contributed by atoms with Gasteiger partial charge in [0.1, 0.15) is 0 Å². The Hall–Kier alpha value is -2.85. The highest BCUT2D eigenvalue weighted by molar-refractivity contribution is 7.92. The number of carboxylic acids is 1. The molecule has 0 saturated heterocycles. The van der Waals surface area contributed by atoms with Gasteiger partial charge in [0.25, 0.3) is 10.0 Å². The maximum absolute atomic E-state index is 12.5. The highest BCUT2D eigenvalue weighted by Gasteiger charge is 2.19. The quantitative estimate of drug-likeness (QED) is 0.896. The van der Waals surface area contributed by atoms with Crippen molar-refractivity contribution in [1.29, 1.82) is 5.26 Å². The topological polar surface area (TPSA) is 107 Å². The summed E-state index contributed by atoms with van der Waals surface area (Å²) in [7, 11) is -3.93. The van der Waals surface area contributed by atoms with E-state index in [1.54, 1.807) is 19.9 Å². The van der Waals surface area contributed by atoms with Crippen molar-refractivity contribution in [2.75, 3.05) is 4.72 Å². The fraction of sp³-hybridized carbons (Fsp3) is 0.125. The van der Waals surface area contributed by atoms with E-state index in [2.05, 4.69) is 4.72 Å². The fourth-order valence-electron chi connectivity index (χ4n) is 2.09. The van der Waals surface area contributed by atoms with Crippen molar-refractivity contribution < 1.29 is 18.3 Å². The van der Waals surface area contributed by atoms with Crippen molar-refractivity contribution in [2.24, 2.45) is 0 Å². The molecular weight excluding hydrogens is 316 g/mol. The summed E-state index contributed by atoms with van der Waals surface area (Å²) in [6.45, 7) is 3.25. The molecule has 6 nitrogen and oxygen atoms in total. The Labute approximate surface area is 134 Å². The molecule has 0 atom stereocenters. The van der Waals surface area contributed by atoms with E-state index >= 15 is 0 Å². The van der Waals surface area contributed by atoms with Crippen LogP contribution in [0.4, 0.5) is 5.69 Å². The lowest BCUT2D eigenvalue weighted by Crippen LogP contribution is -2.15. The summed E-state index contributed by atoms with van der Waals surface area (Å²) in [5.41, 5.74) is 1.42. The molecule has 2 N–H and O–H groups in total. The van der Waals surface area contributed by atoms with Crippen LogP contribution in [0.5, 0.6) is 0 Å². The van der Waals surface area contributed by atoms with Gasteiger partial charge in [-0.25, -0.2) is 13.2 Å². The largest absolute Gasteiger partial charge is 0.478 e. The summed E-state index contributed by atoms with van der Waals surface area (Å²) in [6, 6.07) is 10.5. The van der Waals surface area contributed by atoms with Crippen LogP contribution in [-0.4, -0.2) is 19.5 Å². The molecule has 0 fully saturated rings. The van der Waals surface area contributed by atoms with Crippen LogP contribution in [-0.2, 0) is 10.0 Å². The third-order valence-corrected chi connectivity index (χ3v) is 4.85. The second-order valence-electron chi connectivity index (χ2n) is 5.03. The molecule has 0 spiro atoms. The van der Waals surface area contributed by atoms with Crippen molar-refractivity contribution in [1.82, 2.24) is 0 Å². The number of hydrogen-bond donors (Lipinski definition) is 2. The lowest BCUT2D eigenvalue weighted by Gasteiger charge is -2.12. The van der Waals surface area contributed by atoms with Gasteiger partial charge < -0.3 is 5.11 Å². The molecule has 0 aliphatic carbocycles. The van der Waals surface area contributed by atoms with E-state index < -0.39 is 16.0 Å². The van der Waals surface area contributed by atoms with Crippen molar-refractivity contribution in [2.45, 2.75) is 18.7 Å². The van der Waals surface area contributed by atoms with E-state index in [1.807, 2.05) is 6.07 Å². The number of sulfonamides is 1. The lowest BCUT2D eigenvalue weighted by atomic mass is 10.1. The molecule has 0 aromatic heterocycles. The lowest BCUT2D eigenvalue weighted by molar-refractivity contribution is 0.0696. The normalized spacial score (nSPS) is 10.8. The van der Waals surface area contributed by atoms with Gasteiger partial charge in [-0.05, 0) is 49.2 Å². The summed E-state index contributed by atoms with van der Waals surface area (Å²) >= 11 is 0. The Kier molecular flexibility index (Phi) is 4.38. The molecule has 118 valence electrons. The third kappa shape index (κ3) is 3.49. The van der Waals surface area contributed by atoms with Crippen LogP contribution in [0.2, 0.25) is 0 Å². The van der Waals surface area contributed by atoms with Gasteiger partial charge in [-0.3, -0.25) is 4.72 Å². The summed E-state index contributed by atoms with van der Waals surface area (Å²) in [5, 5.41) is 18.0. The molecule has 0 aliphatic heterocycles. The highest BCUT2D eigenvalue weighted by Crippen LogP contribution is 2.22. The molecule has 0 bridgehead atoms. The van der Waals surface area contributed by atoms with Gasteiger partial charge in [0.15, 0.2) is 0 Å². The van der Waals surface area contributed by atoms with Crippen LogP contribution in [0, 0.1) is 25.2 Å². The Morgan fingerprint density at radius 3 is 2.39 bits per heavy atom. The molecule has 0 heterocycles. The number of aryl methyl sites for hydroxylation is 2. The SMILES string of the molecule is Cc1ccc(NS(=O)(=O)c2cc(C#N)ccc2C)cc1C(=O)O. The predicted octanol–water partition coefficient (Wildman–Crippen LogP) is 2.67. The summed E-state index contributed by atoms with van der Waals surface area (Å²) < 4.78 is 27.3. The zero-order valence-electron chi connectivity index (χ0n) is 12.5. The number of benzene rings is 2. The van der Waals surface area contributed by atoms with Crippen molar-refractivity contribution in [3.63, 3.8) is 0 Å². The van der Waals surface area contributed by atoms with Crippen LogP contribution in [0.1, 0.15) is 27.0 Å².